The Labute approximate surface area is 99.2 Å². The summed E-state index contributed by atoms with van der Waals surface area (Å²) in [6, 6.07) is 0. The molecule has 14 heavy (non-hydrogen) atoms. The van der Waals surface area contributed by atoms with Crippen molar-refractivity contribution in [3.8, 4) is 0 Å². The average molecular weight is 218 g/mol. The molecule has 4 nitrogen and oxygen atoms in total. The van der Waals surface area contributed by atoms with Crippen LogP contribution in [0.3, 0.4) is 0 Å². The van der Waals surface area contributed by atoms with Gasteiger partial charge in [-0.2, -0.15) is 14.8 Å². The van der Waals surface area contributed by atoms with E-state index >= 15 is 0 Å². The van der Waals surface area contributed by atoms with Gasteiger partial charge in [0, 0.05) is 0 Å². The van der Waals surface area contributed by atoms with Crippen molar-refractivity contribution in [2.75, 3.05) is 0 Å². The van der Waals surface area contributed by atoms with E-state index in [-0.39, 0.29) is 18.9 Å². The third-order valence-electron chi connectivity index (χ3n) is 1.35. The van der Waals surface area contributed by atoms with E-state index < -0.39 is 10.4 Å². The Hall–Kier alpha value is 0.467. The zero-order valence-electron chi connectivity index (χ0n) is 9.07. The number of unbranched alkanes of at least 4 members (excludes halogenated alkanes) is 5. The molecule has 0 aliphatic heterocycles. The largest absolute Gasteiger partial charge is 1.00 e. The number of rotatable bonds is 5. The minimum atomic E-state index is -4.67. The molecule has 0 atom stereocenters. The molecule has 0 aromatic carbocycles. The van der Waals surface area contributed by atoms with Gasteiger partial charge in [-0.15, -0.1) is 0 Å². The Balaban J connectivity index is -0.000000177. The molecule has 0 heterocycles. The molecule has 6 heteroatoms. The van der Waals surface area contributed by atoms with Crippen LogP contribution in [-0.2, 0) is 10.4 Å². The monoisotopic (exact) mass is 218 g/mol. The first kappa shape index (κ1) is 20.0. The van der Waals surface area contributed by atoms with Crippen LogP contribution in [-0.4, -0.2) is 17.5 Å². The zero-order valence-corrected chi connectivity index (χ0v) is 9.89. The first-order valence-electron chi connectivity index (χ1n) is 4.41. The van der Waals surface area contributed by atoms with Gasteiger partial charge >= 0.3 is 29.3 Å². The maximum Gasteiger partial charge on any atom is 1.00 e. The van der Waals surface area contributed by atoms with Crippen LogP contribution in [0.2, 0.25) is 0 Å². The van der Waals surface area contributed by atoms with E-state index in [1.165, 1.54) is 32.1 Å². The van der Waals surface area contributed by atoms with Crippen LogP contribution in [0.1, 0.15) is 45.4 Å². The van der Waals surface area contributed by atoms with Crippen molar-refractivity contribution in [2.24, 2.45) is 0 Å². The van der Waals surface area contributed by atoms with Crippen molar-refractivity contribution in [3.05, 3.63) is 6.92 Å². The molecule has 0 saturated carbocycles. The second-order valence-electron chi connectivity index (χ2n) is 2.72. The molecule has 0 spiro atoms. The molecule has 0 aliphatic rings. The van der Waals surface area contributed by atoms with Gasteiger partial charge in [0.05, 0.1) is 0 Å². The Morgan fingerprint density at radius 1 is 1.07 bits per heavy atom. The third-order valence-corrected chi connectivity index (χ3v) is 1.35. The van der Waals surface area contributed by atoms with Crippen LogP contribution in [0.4, 0.5) is 0 Å². The Kier molecular flexibility index (Phi) is 19.2. The maximum atomic E-state index is 8.74. The third kappa shape index (κ3) is 54.8. The molecule has 0 aliphatic carbocycles. The van der Waals surface area contributed by atoms with Crippen LogP contribution in [0, 0.1) is 6.92 Å². The summed E-state index contributed by atoms with van der Waals surface area (Å²) in [5, 5.41) is 0. The zero-order chi connectivity index (χ0) is 10.7. The first-order chi connectivity index (χ1) is 5.91. The SMILES string of the molecule is O=S(=O)(O)O.[CH2-]CCCCCCC.[Li+]. The molecular weight excluding hydrogens is 199 g/mol. The molecule has 0 aromatic heterocycles. The van der Waals surface area contributed by atoms with Gasteiger partial charge in [0.1, 0.15) is 0 Å². The Bertz CT molecular complexity index is 166. The van der Waals surface area contributed by atoms with Crippen molar-refractivity contribution in [3.63, 3.8) is 0 Å². The van der Waals surface area contributed by atoms with Crippen molar-refractivity contribution < 1.29 is 36.4 Å². The predicted octanol–water partition coefficient (Wildman–Crippen LogP) is -0.468. The summed E-state index contributed by atoms with van der Waals surface area (Å²) in [4.78, 5) is 0. The van der Waals surface area contributed by atoms with Gasteiger partial charge < -0.3 is 6.92 Å². The van der Waals surface area contributed by atoms with Crippen LogP contribution >= 0.6 is 0 Å². The van der Waals surface area contributed by atoms with E-state index in [2.05, 4.69) is 13.8 Å². The Morgan fingerprint density at radius 2 is 1.43 bits per heavy atom. The van der Waals surface area contributed by atoms with Crippen molar-refractivity contribution in [1.29, 1.82) is 0 Å². The molecule has 0 radical (unpaired) electrons. The molecule has 0 amide bonds. The molecule has 0 fully saturated rings. The fraction of sp³-hybridized carbons (Fsp3) is 0.875. The second kappa shape index (κ2) is 13.5. The molecule has 0 aromatic rings. The maximum absolute atomic E-state index is 8.74. The molecule has 0 unspecified atom stereocenters. The number of hydrogen-bond donors (Lipinski definition) is 2. The minimum absolute atomic E-state index is 0. The van der Waals surface area contributed by atoms with Gasteiger partial charge in [0.25, 0.3) is 0 Å². The van der Waals surface area contributed by atoms with Gasteiger partial charge in [0.2, 0.25) is 0 Å². The standard InChI is InChI=1S/C8H17.Li.H2O4S/c1-3-5-7-8-6-4-2;;1-5(2,3)4/h1,3-8H2,2H3;;(H2,1,2,3,4)/q-1;+1;. The molecule has 0 saturated heterocycles. The smallest absolute Gasteiger partial charge is 0.343 e. The van der Waals surface area contributed by atoms with E-state index in [1.54, 1.807) is 0 Å². The van der Waals surface area contributed by atoms with E-state index in [0.29, 0.717) is 0 Å². The van der Waals surface area contributed by atoms with E-state index in [4.69, 9.17) is 17.5 Å². The molecule has 2 N–H and O–H groups in total. The van der Waals surface area contributed by atoms with E-state index in [0.717, 1.165) is 6.42 Å². The normalized spacial score (nSPS) is 9.71. The van der Waals surface area contributed by atoms with Crippen LogP contribution < -0.4 is 18.9 Å². The van der Waals surface area contributed by atoms with Crippen LogP contribution in [0.5, 0.6) is 0 Å². The predicted molar refractivity (Wildman–Crippen MR) is 52.9 cm³/mol. The van der Waals surface area contributed by atoms with Gasteiger partial charge in [-0.05, 0) is 0 Å². The molecule has 0 bridgehead atoms. The van der Waals surface area contributed by atoms with Crippen molar-refractivity contribution in [2.45, 2.75) is 45.4 Å². The quantitative estimate of drug-likeness (QED) is 0.283. The number of hydrogen-bond acceptors (Lipinski definition) is 2. The topological polar surface area (TPSA) is 74.6 Å². The summed E-state index contributed by atoms with van der Waals surface area (Å²) < 4.78 is 31.6. The first-order valence-corrected chi connectivity index (χ1v) is 5.80. The fourth-order valence-corrected chi connectivity index (χ4v) is 0.780. The van der Waals surface area contributed by atoms with Gasteiger partial charge in [-0.1, -0.05) is 39.0 Å². The molecular formula is C8H19LiO4S. The summed E-state index contributed by atoms with van der Waals surface area (Å²) in [6.07, 6.45) is 7.98. The van der Waals surface area contributed by atoms with E-state index in [1.807, 2.05) is 0 Å². The fourth-order valence-electron chi connectivity index (χ4n) is 0.780. The molecule has 82 valence electrons. The second-order valence-corrected chi connectivity index (χ2v) is 3.61. The van der Waals surface area contributed by atoms with Crippen molar-refractivity contribution >= 4 is 10.4 Å². The van der Waals surface area contributed by atoms with Gasteiger partial charge in [0.15, 0.2) is 0 Å². The summed E-state index contributed by atoms with van der Waals surface area (Å²) in [6.45, 7) is 6.02. The summed E-state index contributed by atoms with van der Waals surface area (Å²) in [5.41, 5.74) is 0. The molecule has 0 rings (SSSR count). The van der Waals surface area contributed by atoms with Gasteiger partial charge in [-0.3, -0.25) is 9.11 Å². The Morgan fingerprint density at radius 3 is 1.71 bits per heavy atom. The van der Waals surface area contributed by atoms with Gasteiger partial charge in [-0.25, -0.2) is 0 Å². The summed E-state index contributed by atoms with van der Waals surface area (Å²) in [5.74, 6) is 0. The average Bonchev–Trinajstić information content (AvgIpc) is 1.95. The summed E-state index contributed by atoms with van der Waals surface area (Å²) in [7, 11) is -4.67. The van der Waals surface area contributed by atoms with E-state index in [9.17, 15) is 0 Å². The van der Waals surface area contributed by atoms with Crippen molar-refractivity contribution in [1.82, 2.24) is 0 Å². The van der Waals surface area contributed by atoms with Crippen LogP contribution in [0.15, 0.2) is 0 Å². The van der Waals surface area contributed by atoms with Crippen LogP contribution in [0.25, 0.3) is 0 Å². The summed E-state index contributed by atoms with van der Waals surface area (Å²) >= 11 is 0. The minimum Gasteiger partial charge on any atom is -0.343 e.